The van der Waals surface area contributed by atoms with E-state index in [2.05, 4.69) is 42.0 Å². The van der Waals surface area contributed by atoms with Crippen molar-refractivity contribution >= 4 is 18.2 Å². The van der Waals surface area contributed by atoms with Crippen molar-refractivity contribution in [1.82, 2.24) is 15.7 Å². The summed E-state index contributed by atoms with van der Waals surface area (Å²) in [5.41, 5.74) is 2.64. The van der Waals surface area contributed by atoms with E-state index in [1.807, 2.05) is 79.7 Å². The lowest BCUT2D eigenvalue weighted by molar-refractivity contribution is -0.140. The average molecular weight is 683 g/mol. The van der Waals surface area contributed by atoms with Crippen molar-refractivity contribution in [2.24, 2.45) is 4.99 Å². The predicted octanol–water partition coefficient (Wildman–Crippen LogP) is 8.83. The number of amidine groups is 1. The van der Waals surface area contributed by atoms with Gasteiger partial charge in [0.1, 0.15) is 11.6 Å². The summed E-state index contributed by atoms with van der Waals surface area (Å²) in [7, 11) is 4.74. The van der Waals surface area contributed by atoms with Crippen molar-refractivity contribution in [3.8, 4) is 0 Å². The number of hydrogen-bond donors (Lipinski definition) is 2. The lowest BCUT2D eigenvalue weighted by atomic mass is 10.1. The maximum absolute atomic E-state index is 12.7. The molecule has 0 aromatic rings. The third-order valence-electron chi connectivity index (χ3n) is 5.76. The number of nitrogens with zero attached hydrogens (tertiary/aromatic N) is 2. The number of amides is 1. The Labute approximate surface area is 294 Å². The molecule has 10 heteroatoms. The number of allylic oxidation sites excluding steroid dienone is 2. The van der Waals surface area contributed by atoms with Crippen molar-refractivity contribution in [1.29, 1.82) is 0 Å². The van der Waals surface area contributed by atoms with Crippen LogP contribution in [0.15, 0.2) is 79.9 Å². The number of halogens is 1. The van der Waals surface area contributed by atoms with Crippen molar-refractivity contribution < 1.29 is 28.3 Å². The second-order valence-electron chi connectivity index (χ2n) is 10.2. The van der Waals surface area contributed by atoms with Gasteiger partial charge in [0.05, 0.1) is 37.7 Å². The Morgan fingerprint density at radius 1 is 1.04 bits per heavy atom. The number of methoxy groups -OCH3 is 2. The molecule has 0 saturated heterocycles. The number of unbranched alkanes of at least 4 members (excludes halogenated alkanes) is 1. The predicted molar refractivity (Wildman–Crippen MR) is 205 cm³/mol. The normalized spacial score (nSPS) is 12.2. The third-order valence-corrected chi connectivity index (χ3v) is 5.76. The maximum atomic E-state index is 12.7. The van der Waals surface area contributed by atoms with Gasteiger partial charge in [-0.05, 0) is 65.9 Å². The molecule has 0 heterocycles. The highest BCUT2D eigenvalue weighted by Crippen LogP contribution is 2.16. The highest BCUT2D eigenvalue weighted by molar-refractivity contribution is 5.83. The van der Waals surface area contributed by atoms with Crippen LogP contribution in [-0.4, -0.2) is 75.2 Å². The molecule has 9 nitrogen and oxygen atoms in total. The molecule has 48 heavy (non-hydrogen) atoms. The first-order chi connectivity index (χ1) is 23.0. The van der Waals surface area contributed by atoms with Crippen molar-refractivity contribution in [3.63, 3.8) is 0 Å². The largest absolute Gasteiger partial charge is 0.469 e. The molecule has 0 aliphatic rings. The Kier molecular flexibility index (Phi) is 46.7. The van der Waals surface area contributed by atoms with Crippen LogP contribution in [0.3, 0.4) is 0 Å². The second-order valence-corrected chi connectivity index (χ2v) is 10.2. The van der Waals surface area contributed by atoms with Gasteiger partial charge in [0.2, 0.25) is 6.41 Å². The summed E-state index contributed by atoms with van der Waals surface area (Å²) in [4.78, 5) is 34.4. The molecule has 1 amide bonds. The Bertz CT molecular complexity index is 883. The quantitative estimate of drug-likeness (QED) is 0.0182. The average Bonchev–Trinajstić information content (AvgIpc) is 3.10. The first-order valence-corrected chi connectivity index (χ1v) is 16.8. The van der Waals surface area contributed by atoms with Gasteiger partial charge >= 0.3 is 5.97 Å². The maximum Gasteiger partial charge on any atom is 0.305 e. The molecule has 280 valence electrons. The van der Waals surface area contributed by atoms with Crippen LogP contribution in [0.1, 0.15) is 100 Å². The first kappa shape index (κ1) is 54.0. The van der Waals surface area contributed by atoms with E-state index >= 15 is 0 Å². The molecule has 2 atom stereocenters. The standard InChI is InChI=1S/C27H43FN4O4.C5H12O.2C2H6.C2H4/c1-6-8-20-32(24(7-2)15-13-19-28)26(17-11-12-18-27(34)35-5)31-23(3)14-9-10-16-25(36-29-4)21-30-22-33;1-5(2,3)6-4;3*1-2/h6-7,9,13-14,16,19,22-24,29H,1-2,8,10-12,15,17-18,20-21H2,3-5H3,(H,30,33);1-4H3;2*1-2H3;1-2H2/b14-9+,19-13+,25-16-,31-26?;;;;. The van der Waals surface area contributed by atoms with Crippen LogP contribution in [0.25, 0.3) is 0 Å². The molecule has 2 N–H and O–H groups in total. The summed E-state index contributed by atoms with van der Waals surface area (Å²) in [6.07, 6.45) is 16.4. The van der Waals surface area contributed by atoms with Gasteiger partial charge in [-0.15, -0.1) is 26.3 Å². The third kappa shape index (κ3) is 37.0. The van der Waals surface area contributed by atoms with Crippen LogP contribution in [0.2, 0.25) is 0 Å². The van der Waals surface area contributed by atoms with Crippen molar-refractivity contribution in [3.05, 3.63) is 74.9 Å². The molecule has 0 rings (SSSR count). The van der Waals surface area contributed by atoms with Crippen LogP contribution in [0.5, 0.6) is 0 Å². The van der Waals surface area contributed by atoms with Crippen LogP contribution in [0.4, 0.5) is 4.39 Å². The molecule has 0 aliphatic carbocycles. The Morgan fingerprint density at radius 2 is 1.62 bits per heavy atom. The minimum Gasteiger partial charge on any atom is -0.469 e. The fourth-order valence-electron chi connectivity index (χ4n) is 3.37. The number of carbonyl (C=O) groups is 2. The summed E-state index contributed by atoms with van der Waals surface area (Å²) in [6, 6.07) is -0.244. The van der Waals surface area contributed by atoms with Crippen LogP contribution in [0, 0.1) is 0 Å². The van der Waals surface area contributed by atoms with E-state index in [0.717, 1.165) is 18.7 Å². The summed E-state index contributed by atoms with van der Waals surface area (Å²) in [5, 5.41) is 2.57. The Balaban J connectivity index is -0.000000444. The summed E-state index contributed by atoms with van der Waals surface area (Å²) < 4.78 is 22.4. The zero-order chi connectivity index (χ0) is 38.2. The Hall–Kier alpha value is -3.50. The monoisotopic (exact) mass is 683 g/mol. The molecule has 0 saturated carbocycles. The topological polar surface area (TPSA) is 101 Å². The zero-order valence-corrected chi connectivity index (χ0v) is 32.3. The molecule has 0 aromatic carbocycles. The van der Waals surface area contributed by atoms with E-state index in [9.17, 15) is 14.0 Å². The molecule has 0 fully saturated rings. The number of rotatable bonds is 21. The number of hydroxylamine groups is 1. The summed E-state index contributed by atoms with van der Waals surface area (Å²) in [6.45, 7) is 30.8. The van der Waals surface area contributed by atoms with Gasteiger partial charge in [-0.25, -0.2) is 4.39 Å². The van der Waals surface area contributed by atoms with E-state index in [0.29, 0.717) is 57.1 Å². The number of carbonyl (C=O) groups excluding carboxylic acids is 2. The first-order valence-electron chi connectivity index (χ1n) is 16.8. The van der Waals surface area contributed by atoms with Gasteiger partial charge < -0.3 is 24.5 Å². The van der Waals surface area contributed by atoms with E-state index in [-0.39, 0.29) is 30.2 Å². The minimum atomic E-state index is -0.233. The number of aliphatic imine (C=N–C) groups is 1. The number of ether oxygens (including phenoxy) is 2. The molecular weight excluding hydrogens is 611 g/mol. The fourth-order valence-corrected chi connectivity index (χ4v) is 3.37. The summed E-state index contributed by atoms with van der Waals surface area (Å²) in [5.74, 6) is 1.24. The van der Waals surface area contributed by atoms with Crippen LogP contribution < -0.4 is 10.8 Å². The number of nitrogens with one attached hydrogen (secondary N) is 2. The van der Waals surface area contributed by atoms with Gasteiger partial charge in [0.15, 0.2) is 0 Å². The van der Waals surface area contributed by atoms with E-state index in [1.54, 1.807) is 20.2 Å². The lowest BCUT2D eigenvalue weighted by Crippen LogP contribution is -2.40. The van der Waals surface area contributed by atoms with Gasteiger partial charge in [0, 0.05) is 33.5 Å². The van der Waals surface area contributed by atoms with Crippen LogP contribution in [-0.2, 0) is 23.9 Å². The molecule has 0 radical (unpaired) electrons. The number of esters is 1. The fraction of sp³-hybridized carbons (Fsp3) is 0.605. The second kappa shape index (κ2) is 41.5. The van der Waals surface area contributed by atoms with E-state index in [1.165, 1.54) is 13.2 Å². The minimum absolute atomic E-state index is 0.0417. The molecule has 0 aromatic heterocycles. The molecule has 0 spiro atoms. The van der Waals surface area contributed by atoms with Gasteiger partial charge in [-0.1, -0.05) is 58.1 Å². The molecule has 0 aliphatic heterocycles. The molecule has 2 unspecified atom stereocenters. The highest BCUT2D eigenvalue weighted by atomic mass is 19.1. The summed E-state index contributed by atoms with van der Waals surface area (Å²) >= 11 is 0. The Morgan fingerprint density at radius 3 is 2.08 bits per heavy atom. The van der Waals surface area contributed by atoms with Crippen molar-refractivity contribution in [2.45, 2.75) is 118 Å². The van der Waals surface area contributed by atoms with Gasteiger partial charge in [0.25, 0.3) is 0 Å². The molecule has 0 bridgehead atoms. The van der Waals surface area contributed by atoms with E-state index < -0.39 is 0 Å². The molecular formula is C38H71FN4O5. The van der Waals surface area contributed by atoms with Crippen LogP contribution >= 0.6 is 0 Å². The zero-order valence-electron chi connectivity index (χ0n) is 32.3. The lowest BCUT2D eigenvalue weighted by Gasteiger charge is -2.33. The van der Waals surface area contributed by atoms with E-state index in [4.69, 9.17) is 19.3 Å². The number of hydrogen-bond acceptors (Lipinski definition) is 7. The van der Waals surface area contributed by atoms with Crippen molar-refractivity contribution in [2.75, 3.05) is 34.4 Å². The van der Waals surface area contributed by atoms with Gasteiger partial charge in [-0.2, -0.15) is 5.48 Å². The SMILES string of the molecule is C=C.C=CCCN(C(CCCCC(=O)OC)=NC(C)/C=C/C/C=C(/CNC=O)ONC)C(C=C)C/C=C/F.CC.CC.COC(C)(C)C. The highest BCUT2D eigenvalue weighted by Gasteiger charge is 2.19. The smallest absolute Gasteiger partial charge is 0.305 e. The van der Waals surface area contributed by atoms with Gasteiger partial charge in [-0.3, -0.25) is 14.6 Å².